The largest absolute Gasteiger partial charge is 0.496 e. The van der Waals surface area contributed by atoms with Gasteiger partial charge in [-0.2, -0.15) is 0 Å². The first kappa shape index (κ1) is 15.1. The number of ether oxygens (including phenoxy) is 4. The van der Waals surface area contributed by atoms with Gasteiger partial charge >= 0.3 is 0 Å². The predicted octanol–water partition coefficient (Wildman–Crippen LogP) is 1.60. The van der Waals surface area contributed by atoms with Crippen molar-refractivity contribution in [3.8, 4) is 11.5 Å². The first-order chi connectivity index (χ1) is 9.61. The molecule has 0 aliphatic carbocycles. The van der Waals surface area contributed by atoms with Crippen LogP contribution in [-0.2, 0) is 28.1 Å². The van der Waals surface area contributed by atoms with Crippen LogP contribution in [0, 0.1) is 0 Å². The van der Waals surface area contributed by atoms with E-state index in [1.165, 1.54) is 0 Å². The van der Waals surface area contributed by atoms with Gasteiger partial charge in [-0.1, -0.05) is 0 Å². The molecule has 0 bridgehead atoms. The fraction of sp³-hybridized carbons (Fsp3) is 0.600. The molecule has 2 N–H and O–H groups in total. The van der Waals surface area contributed by atoms with Gasteiger partial charge < -0.3 is 24.7 Å². The van der Waals surface area contributed by atoms with Crippen LogP contribution in [0.3, 0.4) is 0 Å². The van der Waals surface area contributed by atoms with Crippen LogP contribution in [0.5, 0.6) is 11.5 Å². The smallest absolute Gasteiger partial charge is 0.131 e. The fourth-order valence-electron chi connectivity index (χ4n) is 2.62. The summed E-state index contributed by atoms with van der Waals surface area (Å²) in [5.41, 5.74) is 8.34. The zero-order valence-corrected chi connectivity index (χ0v) is 12.6. The number of methoxy groups -OCH3 is 3. The summed E-state index contributed by atoms with van der Waals surface area (Å²) in [5, 5.41) is 0. The first-order valence-corrected chi connectivity index (χ1v) is 6.71. The zero-order chi connectivity index (χ0) is 14.8. The van der Waals surface area contributed by atoms with Gasteiger partial charge in [0.05, 0.1) is 27.4 Å². The van der Waals surface area contributed by atoms with Gasteiger partial charge in [-0.15, -0.1) is 0 Å². The molecule has 0 fully saturated rings. The van der Waals surface area contributed by atoms with Gasteiger partial charge in [0.15, 0.2) is 0 Å². The van der Waals surface area contributed by atoms with E-state index in [2.05, 4.69) is 0 Å². The summed E-state index contributed by atoms with van der Waals surface area (Å²) in [6.07, 6.45) is 0.821. The molecule has 0 saturated heterocycles. The summed E-state index contributed by atoms with van der Waals surface area (Å²) in [6.45, 7) is 3.51. The molecule has 0 amide bonds. The van der Waals surface area contributed by atoms with Crippen LogP contribution in [0.4, 0.5) is 0 Å². The molecular formula is C15H23NO4. The van der Waals surface area contributed by atoms with E-state index in [0.717, 1.165) is 34.6 Å². The SMILES string of the molecule is COc1cc(C(C)(CN)OC)c(OC)c2c1CCOC2. The number of fused-ring (bicyclic) bond motifs is 1. The maximum Gasteiger partial charge on any atom is 0.131 e. The van der Waals surface area contributed by atoms with Crippen LogP contribution < -0.4 is 15.2 Å². The Bertz CT molecular complexity index is 483. The Morgan fingerprint density at radius 2 is 2.00 bits per heavy atom. The lowest BCUT2D eigenvalue weighted by atomic mass is 9.88. The van der Waals surface area contributed by atoms with Crippen LogP contribution in [0.15, 0.2) is 6.07 Å². The van der Waals surface area contributed by atoms with E-state index in [1.807, 2.05) is 13.0 Å². The molecule has 5 heteroatoms. The molecule has 1 heterocycles. The van der Waals surface area contributed by atoms with E-state index < -0.39 is 5.60 Å². The first-order valence-electron chi connectivity index (χ1n) is 6.71. The lowest BCUT2D eigenvalue weighted by Gasteiger charge is -2.32. The summed E-state index contributed by atoms with van der Waals surface area (Å²) >= 11 is 0. The second-order valence-electron chi connectivity index (χ2n) is 5.06. The van der Waals surface area contributed by atoms with Gasteiger partial charge in [0.2, 0.25) is 0 Å². The Morgan fingerprint density at radius 1 is 1.25 bits per heavy atom. The predicted molar refractivity (Wildman–Crippen MR) is 76.3 cm³/mol. The standard InChI is InChI=1S/C15H23NO4/c1-15(9-16,19-4)12-7-13(17-2)10-5-6-20-8-11(10)14(12)18-3/h7H,5-6,8-9,16H2,1-4H3. The fourth-order valence-corrected chi connectivity index (χ4v) is 2.62. The van der Waals surface area contributed by atoms with Crippen LogP contribution in [0.1, 0.15) is 23.6 Å². The normalized spacial score (nSPS) is 17.2. The molecule has 0 saturated carbocycles. The molecule has 0 spiro atoms. The second-order valence-corrected chi connectivity index (χ2v) is 5.06. The minimum atomic E-state index is -0.620. The van der Waals surface area contributed by atoms with E-state index in [4.69, 9.17) is 24.7 Å². The molecule has 1 aromatic carbocycles. The van der Waals surface area contributed by atoms with Gasteiger partial charge in [-0.05, 0) is 19.4 Å². The van der Waals surface area contributed by atoms with Crippen LogP contribution >= 0.6 is 0 Å². The summed E-state index contributed by atoms with van der Waals surface area (Å²) in [5.74, 6) is 1.63. The minimum Gasteiger partial charge on any atom is -0.496 e. The van der Waals surface area contributed by atoms with Crippen molar-refractivity contribution in [2.45, 2.75) is 25.6 Å². The van der Waals surface area contributed by atoms with Crippen molar-refractivity contribution in [2.24, 2.45) is 5.73 Å². The number of hydrogen-bond acceptors (Lipinski definition) is 5. The third-order valence-electron chi connectivity index (χ3n) is 4.03. The van der Waals surface area contributed by atoms with Crippen molar-refractivity contribution >= 4 is 0 Å². The number of benzene rings is 1. The lowest BCUT2D eigenvalue weighted by molar-refractivity contribution is 0.00747. The van der Waals surface area contributed by atoms with Gasteiger partial charge in [-0.25, -0.2) is 0 Å². The average Bonchev–Trinajstić information content (AvgIpc) is 2.52. The molecule has 1 aliphatic rings. The summed E-state index contributed by atoms with van der Waals surface area (Å²) in [7, 11) is 4.98. The number of hydrogen-bond donors (Lipinski definition) is 1. The highest BCUT2D eigenvalue weighted by molar-refractivity contribution is 5.56. The van der Waals surface area contributed by atoms with Crippen LogP contribution in [-0.4, -0.2) is 34.5 Å². The van der Waals surface area contributed by atoms with E-state index in [0.29, 0.717) is 19.8 Å². The van der Waals surface area contributed by atoms with E-state index in [-0.39, 0.29) is 0 Å². The Morgan fingerprint density at radius 3 is 2.55 bits per heavy atom. The third-order valence-corrected chi connectivity index (χ3v) is 4.03. The monoisotopic (exact) mass is 281 g/mol. The van der Waals surface area contributed by atoms with Gasteiger partial charge in [0.25, 0.3) is 0 Å². The van der Waals surface area contributed by atoms with Crippen molar-refractivity contribution in [3.63, 3.8) is 0 Å². The molecule has 5 nitrogen and oxygen atoms in total. The van der Waals surface area contributed by atoms with Crippen molar-refractivity contribution in [1.29, 1.82) is 0 Å². The van der Waals surface area contributed by atoms with Gasteiger partial charge in [0, 0.05) is 30.3 Å². The summed E-state index contributed by atoms with van der Waals surface area (Å²) < 4.78 is 22.3. The second kappa shape index (κ2) is 5.99. The molecule has 1 atom stereocenters. The molecule has 0 radical (unpaired) electrons. The van der Waals surface area contributed by atoms with Crippen molar-refractivity contribution < 1.29 is 18.9 Å². The quantitative estimate of drug-likeness (QED) is 0.888. The Labute approximate surface area is 120 Å². The maximum absolute atomic E-state index is 5.89. The number of nitrogens with two attached hydrogens (primary N) is 1. The van der Waals surface area contributed by atoms with E-state index in [1.54, 1.807) is 21.3 Å². The van der Waals surface area contributed by atoms with Crippen LogP contribution in [0.25, 0.3) is 0 Å². The van der Waals surface area contributed by atoms with E-state index >= 15 is 0 Å². The average molecular weight is 281 g/mol. The topological polar surface area (TPSA) is 62.9 Å². The molecule has 0 aromatic heterocycles. The Hall–Kier alpha value is -1.30. The maximum atomic E-state index is 5.89. The molecule has 20 heavy (non-hydrogen) atoms. The van der Waals surface area contributed by atoms with Crippen molar-refractivity contribution in [3.05, 3.63) is 22.8 Å². The Kier molecular flexibility index (Phi) is 4.52. The van der Waals surface area contributed by atoms with Crippen molar-refractivity contribution in [2.75, 3.05) is 34.5 Å². The molecule has 1 unspecified atom stereocenters. The number of rotatable bonds is 5. The highest BCUT2D eigenvalue weighted by atomic mass is 16.5. The molecule has 112 valence electrons. The summed E-state index contributed by atoms with van der Waals surface area (Å²) in [6, 6.07) is 1.97. The summed E-state index contributed by atoms with van der Waals surface area (Å²) in [4.78, 5) is 0. The lowest BCUT2D eigenvalue weighted by Crippen LogP contribution is -2.34. The molecule has 2 rings (SSSR count). The highest BCUT2D eigenvalue weighted by Crippen LogP contribution is 2.42. The van der Waals surface area contributed by atoms with E-state index in [9.17, 15) is 0 Å². The third kappa shape index (κ3) is 2.37. The van der Waals surface area contributed by atoms with Gasteiger partial charge in [-0.3, -0.25) is 0 Å². The molecule has 1 aromatic rings. The van der Waals surface area contributed by atoms with Crippen LogP contribution in [0.2, 0.25) is 0 Å². The molecular weight excluding hydrogens is 258 g/mol. The minimum absolute atomic E-state index is 0.350. The zero-order valence-electron chi connectivity index (χ0n) is 12.6. The highest BCUT2D eigenvalue weighted by Gasteiger charge is 2.33. The molecule has 1 aliphatic heterocycles. The van der Waals surface area contributed by atoms with Gasteiger partial charge in [0.1, 0.15) is 17.1 Å². The Balaban J connectivity index is 2.68. The van der Waals surface area contributed by atoms with Crippen molar-refractivity contribution in [1.82, 2.24) is 0 Å².